The highest BCUT2D eigenvalue weighted by atomic mass is 32.2. The third kappa shape index (κ3) is 4.40. The monoisotopic (exact) mass is 422 g/mol. The standard InChI is InChI=1S/C24H26N2O3S/c1-17-8-13-21-14-15-22(25-30(2,28)29)23(26(21)24(17)27)16-18-9-11-20(12-10-18)19-6-4-3-5-7-19/h3-13,22-23,25H,14-16H2,1-2H3/t22-,23-/m0/s1. The van der Waals surface area contributed by atoms with Crippen LogP contribution in [0.4, 0.5) is 0 Å². The molecule has 0 bridgehead atoms. The van der Waals surface area contributed by atoms with Crippen LogP contribution in [0.5, 0.6) is 0 Å². The lowest BCUT2D eigenvalue weighted by molar-refractivity contribution is 0.315. The number of aryl methyl sites for hydroxylation is 2. The fraction of sp³-hybridized carbons (Fsp3) is 0.292. The Morgan fingerprint density at radius 3 is 2.30 bits per heavy atom. The molecule has 2 heterocycles. The molecule has 4 rings (SSSR count). The minimum absolute atomic E-state index is 0.0431. The summed E-state index contributed by atoms with van der Waals surface area (Å²) in [6.07, 6.45) is 3.10. The summed E-state index contributed by atoms with van der Waals surface area (Å²) in [5.74, 6) is 0. The third-order valence-corrected chi connectivity index (χ3v) is 6.50. The molecule has 30 heavy (non-hydrogen) atoms. The highest BCUT2D eigenvalue weighted by Gasteiger charge is 2.32. The number of nitrogens with zero attached hydrogens (tertiary/aromatic N) is 1. The van der Waals surface area contributed by atoms with E-state index >= 15 is 0 Å². The number of hydrogen-bond donors (Lipinski definition) is 1. The normalized spacial score (nSPS) is 18.7. The van der Waals surface area contributed by atoms with Crippen molar-refractivity contribution in [3.8, 4) is 11.1 Å². The summed E-state index contributed by atoms with van der Waals surface area (Å²) in [7, 11) is -3.38. The van der Waals surface area contributed by atoms with Crippen LogP contribution < -0.4 is 10.3 Å². The molecule has 0 unspecified atom stereocenters. The molecule has 1 aliphatic rings. The zero-order valence-corrected chi connectivity index (χ0v) is 18.0. The predicted molar refractivity (Wildman–Crippen MR) is 120 cm³/mol. The zero-order valence-electron chi connectivity index (χ0n) is 17.2. The van der Waals surface area contributed by atoms with Gasteiger partial charge in [0.25, 0.3) is 5.56 Å². The van der Waals surface area contributed by atoms with Gasteiger partial charge in [-0.3, -0.25) is 4.79 Å². The largest absolute Gasteiger partial charge is 0.307 e. The second-order valence-corrected chi connectivity index (χ2v) is 9.83. The number of benzene rings is 2. The van der Waals surface area contributed by atoms with E-state index in [2.05, 4.69) is 41.1 Å². The summed E-state index contributed by atoms with van der Waals surface area (Å²) in [5.41, 5.74) is 4.93. The Hall–Kier alpha value is -2.70. The predicted octanol–water partition coefficient (Wildman–Crippen LogP) is 3.47. The molecule has 2 aromatic carbocycles. The fourth-order valence-corrected chi connectivity index (χ4v) is 5.11. The summed E-state index contributed by atoms with van der Waals surface area (Å²) in [4.78, 5) is 13.0. The van der Waals surface area contributed by atoms with Crippen LogP contribution in [-0.4, -0.2) is 25.3 Å². The van der Waals surface area contributed by atoms with Crippen LogP contribution in [0.2, 0.25) is 0 Å². The molecule has 156 valence electrons. The van der Waals surface area contributed by atoms with Crippen molar-refractivity contribution < 1.29 is 8.42 Å². The van der Waals surface area contributed by atoms with Crippen molar-refractivity contribution in [1.29, 1.82) is 0 Å². The molecule has 0 saturated heterocycles. The Bertz CT molecular complexity index is 1200. The van der Waals surface area contributed by atoms with Gasteiger partial charge in [-0.2, -0.15) is 0 Å². The molecular weight excluding hydrogens is 396 g/mol. The topological polar surface area (TPSA) is 68.2 Å². The molecule has 1 aliphatic heterocycles. The summed E-state index contributed by atoms with van der Waals surface area (Å²) in [6.45, 7) is 1.80. The fourth-order valence-electron chi connectivity index (χ4n) is 4.29. The van der Waals surface area contributed by atoms with Crippen LogP contribution in [-0.2, 0) is 22.9 Å². The Kier molecular flexibility index (Phi) is 5.62. The van der Waals surface area contributed by atoms with Gasteiger partial charge in [-0.25, -0.2) is 13.1 Å². The van der Waals surface area contributed by atoms with E-state index in [0.717, 1.165) is 22.4 Å². The van der Waals surface area contributed by atoms with Gasteiger partial charge in [0.2, 0.25) is 10.0 Å². The van der Waals surface area contributed by atoms with Crippen LogP contribution in [0.3, 0.4) is 0 Å². The highest BCUT2D eigenvalue weighted by molar-refractivity contribution is 7.88. The van der Waals surface area contributed by atoms with Crippen molar-refractivity contribution in [1.82, 2.24) is 9.29 Å². The van der Waals surface area contributed by atoms with Crippen molar-refractivity contribution in [3.63, 3.8) is 0 Å². The maximum Gasteiger partial charge on any atom is 0.253 e. The summed E-state index contributed by atoms with van der Waals surface area (Å²) in [6, 6.07) is 21.7. The number of sulfonamides is 1. The minimum atomic E-state index is -3.38. The van der Waals surface area contributed by atoms with E-state index in [9.17, 15) is 13.2 Å². The van der Waals surface area contributed by atoms with Crippen LogP contribution in [0, 0.1) is 6.92 Å². The van der Waals surface area contributed by atoms with Gasteiger partial charge < -0.3 is 4.57 Å². The Balaban J connectivity index is 1.69. The third-order valence-electron chi connectivity index (χ3n) is 5.77. The molecule has 3 aromatic rings. The van der Waals surface area contributed by atoms with Gasteiger partial charge in [-0.05, 0) is 48.9 Å². The number of nitrogens with one attached hydrogen (secondary N) is 1. The lowest BCUT2D eigenvalue weighted by Crippen LogP contribution is -2.48. The molecule has 1 aromatic heterocycles. The molecule has 0 amide bonds. The first-order valence-corrected chi connectivity index (χ1v) is 12.0. The van der Waals surface area contributed by atoms with E-state index in [1.54, 1.807) is 11.5 Å². The average Bonchev–Trinajstić information content (AvgIpc) is 2.72. The number of fused-ring (bicyclic) bond motifs is 1. The second kappa shape index (κ2) is 8.20. The van der Waals surface area contributed by atoms with Gasteiger partial charge in [0, 0.05) is 17.3 Å². The molecular formula is C24H26N2O3S. The van der Waals surface area contributed by atoms with Crippen LogP contribution >= 0.6 is 0 Å². The van der Waals surface area contributed by atoms with Gasteiger partial charge in [0.1, 0.15) is 0 Å². The number of aromatic nitrogens is 1. The average molecular weight is 423 g/mol. The quantitative estimate of drug-likeness (QED) is 0.685. The highest BCUT2D eigenvalue weighted by Crippen LogP contribution is 2.29. The van der Waals surface area contributed by atoms with E-state index in [1.165, 1.54) is 6.26 Å². The van der Waals surface area contributed by atoms with E-state index in [-0.39, 0.29) is 17.6 Å². The van der Waals surface area contributed by atoms with Crippen LogP contribution in [0.25, 0.3) is 11.1 Å². The van der Waals surface area contributed by atoms with Crippen LogP contribution in [0.15, 0.2) is 71.5 Å². The maximum absolute atomic E-state index is 13.0. The summed E-state index contributed by atoms with van der Waals surface area (Å²) >= 11 is 0. The molecule has 0 fully saturated rings. The molecule has 0 saturated carbocycles. The van der Waals surface area contributed by atoms with Crippen LogP contribution in [0.1, 0.15) is 29.3 Å². The molecule has 0 radical (unpaired) electrons. The van der Waals surface area contributed by atoms with Gasteiger partial charge >= 0.3 is 0 Å². The van der Waals surface area contributed by atoms with Crippen molar-refractivity contribution in [2.75, 3.05) is 6.26 Å². The van der Waals surface area contributed by atoms with E-state index in [1.807, 2.05) is 30.3 Å². The van der Waals surface area contributed by atoms with Gasteiger partial charge in [0.05, 0.1) is 12.3 Å². The van der Waals surface area contributed by atoms with Crippen molar-refractivity contribution in [2.24, 2.45) is 0 Å². The van der Waals surface area contributed by atoms with E-state index in [0.29, 0.717) is 24.8 Å². The summed E-state index contributed by atoms with van der Waals surface area (Å²) in [5, 5.41) is 0. The van der Waals surface area contributed by atoms with Crippen molar-refractivity contribution in [3.05, 3.63) is 93.9 Å². The smallest absolute Gasteiger partial charge is 0.253 e. The van der Waals surface area contributed by atoms with Gasteiger partial charge in [-0.1, -0.05) is 60.7 Å². The van der Waals surface area contributed by atoms with Gasteiger partial charge in [-0.15, -0.1) is 0 Å². The molecule has 0 spiro atoms. The Morgan fingerprint density at radius 2 is 1.63 bits per heavy atom. The number of rotatable bonds is 5. The number of hydrogen-bond acceptors (Lipinski definition) is 3. The van der Waals surface area contributed by atoms with Crippen molar-refractivity contribution in [2.45, 2.75) is 38.3 Å². The van der Waals surface area contributed by atoms with Gasteiger partial charge in [0.15, 0.2) is 0 Å². The zero-order chi connectivity index (χ0) is 21.3. The lowest BCUT2D eigenvalue weighted by atomic mass is 9.90. The molecule has 1 N–H and O–H groups in total. The second-order valence-electron chi connectivity index (χ2n) is 8.05. The lowest BCUT2D eigenvalue weighted by Gasteiger charge is -2.35. The molecule has 6 heteroatoms. The Morgan fingerprint density at radius 1 is 0.967 bits per heavy atom. The van der Waals surface area contributed by atoms with E-state index < -0.39 is 10.0 Å². The SMILES string of the molecule is Cc1ccc2n(c1=O)[C@@H](Cc1ccc(-c3ccccc3)cc1)[C@@H](NS(C)(=O)=O)CC2. The Labute approximate surface area is 177 Å². The molecule has 5 nitrogen and oxygen atoms in total. The summed E-state index contributed by atoms with van der Waals surface area (Å²) < 4.78 is 28.5. The van der Waals surface area contributed by atoms with Crippen molar-refractivity contribution >= 4 is 10.0 Å². The first-order chi connectivity index (χ1) is 14.3. The first-order valence-electron chi connectivity index (χ1n) is 10.1. The maximum atomic E-state index is 13.0. The first kappa shape index (κ1) is 20.6. The molecule has 0 aliphatic carbocycles. The van der Waals surface area contributed by atoms with E-state index in [4.69, 9.17) is 0 Å². The number of pyridine rings is 1. The molecule has 2 atom stereocenters. The minimum Gasteiger partial charge on any atom is -0.307 e.